The number of benzene rings is 2. The van der Waals surface area contributed by atoms with Gasteiger partial charge in [0.25, 0.3) is 11.8 Å². The molecule has 1 aliphatic rings. The first kappa shape index (κ1) is 23.3. The summed E-state index contributed by atoms with van der Waals surface area (Å²) >= 11 is 0. The van der Waals surface area contributed by atoms with E-state index in [1.807, 2.05) is 65.0 Å². The number of nitrogens with one attached hydrogen (secondary N) is 1. The molecule has 0 atom stereocenters. The van der Waals surface area contributed by atoms with Gasteiger partial charge in [-0.3, -0.25) is 9.59 Å². The van der Waals surface area contributed by atoms with Crippen LogP contribution in [-0.4, -0.2) is 44.3 Å². The number of nitrogens with two attached hydrogens (primary N) is 1. The summed E-state index contributed by atoms with van der Waals surface area (Å²) in [6, 6.07) is 15.2. The van der Waals surface area contributed by atoms with Gasteiger partial charge in [0.15, 0.2) is 0 Å². The molecule has 0 bridgehead atoms. The van der Waals surface area contributed by atoms with Crippen LogP contribution in [0.15, 0.2) is 67.0 Å². The van der Waals surface area contributed by atoms with Crippen LogP contribution >= 0.6 is 0 Å². The summed E-state index contributed by atoms with van der Waals surface area (Å²) in [5.74, 6) is 0.187. The molecule has 1 saturated heterocycles. The SMILES string of the molecule is C=C(C)C(=O)Nc1ccc(-c2c(-c3cccc(C(=O)N4CCCC4)c3)c3c(N)ncnc3n2C)cc1. The number of aryl methyl sites for hydroxylation is 1. The highest BCUT2D eigenvalue weighted by molar-refractivity contribution is 6.09. The van der Waals surface area contributed by atoms with Crippen LogP contribution in [0, 0.1) is 0 Å². The molecule has 0 saturated carbocycles. The number of rotatable bonds is 5. The summed E-state index contributed by atoms with van der Waals surface area (Å²) < 4.78 is 1.99. The van der Waals surface area contributed by atoms with Crippen LogP contribution in [0.3, 0.4) is 0 Å². The monoisotopic (exact) mass is 480 g/mol. The normalized spacial score (nSPS) is 13.2. The van der Waals surface area contributed by atoms with Crippen molar-refractivity contribution in [1.82, 2.24) is 19.4 Å². The Labute approximate surface area is 209 Å². The first-order valence-corrected chi connectivity index (χ1v) is 11.9. The van der Waals surface area contributed by atoms with Crippen molar-refractivity contribution < 1.29 is 9.59 Å². The van der Waals surface area contributed by atoms with Crippen molar-refractivity contribution in [3.63, 3.8) is 0 Å². The van der Waals surface area contributed by atoms with Crippen LogP contribution in [-0.2, 0) is 11.8 Å². The van der Waals surface area contributed by atoms with Gasteiger partial charge in [-0.05, 0) is 55.2 Å². The van der Waals surface area contributed by atoms with Gasteiger partial charge in [-0.2, -0.15) is 0 Å². The zero-order valence-corrected chi connectivity index (χ0v) is 20.4. The van der Waals surface area contributed by atoms with E-state index in [1.165, 1.54) is 6.33 Å². The van der Waals surface area contributed by atoms with Gasteiger partial charge in [-0.1, -0.05) is 30.8 Å². The predicted molar refractivity (Wildman–Crippen MR) is 142 cm³/mol. The molecular weight excluding hydrogens is 452 g/mol. The number of nitrogens with zero attached hydrogens (tertiary/aromatic N) is 4. The minimum absolute atomic E-state index is 0.0398. The van der Waals surface area contributed by atoms with E-state index in [0.29, 0.717) is 28.3 Å². The lowest BCUT2D eigenvalue weighted by Gasteiger charge is -2.16. The van der Waals surface area contributed by atoms with Crippen LogP contribution in [0.2, 0.25) is 0 Å². The van der Waals surface area contributed by atoms with Gasteiger partial charge >= 0.3 is 0 Å². The van der Waals surface area contributed by atoms with Crippen LogP contribution in [0.5, 0.6) is 0 Å². The minimum Gasteiger partial charge on any atom is -0.383 e. The summed E-state index contributed by atoms with van der Waals surface area (Å²) in [5.41, 5.74) is 12.3. The third-order valence-electron chi connectivity index (χ3n) is 6.59. The Kier molecular flexibility index (Phi) is 6.01. The van der Waals surface area contributed by atoms with Gasteiger partial charge < -0.3 is 20.5 Å². The molecule has 8 nitrogen and oxygen atoms in total. The number of amides is 2. The van der Waals surface area contributed by atoms with Crippen molar-refractivity contribution in [3.05, 3.63) is 72.6 Å². The van der Waals surface area contributed by atoms with Gasteiger partial charge in [-0.25, -0.2) is 9.97 Å². The molecule has 1 fully saturated rings. The van der Waals surface area contributed by atoms with Crippen molar-refractivity contribution in [2.75, 3.05) is 24.1 Å². The summed E-state index contributed by atoms with van der Waals surface area (Å²) in [4.78, 5) is 35.8. The fourth-order valence-electron chi connectivity index (χ4n) is 4.75. The second kappa shape index (κ2) is 9.30. The summed E-state index contributed by atoms with van der Waals surface area (Å²) in [7, 11) is 1.93. The average Bonchev–Trinajstić information content (AvgIpc) is 3.52. The minimum atomic E-state index is -0.226. The van der Waals surface area contributed by atoms with Crippen molar-refractivity contribution in [2.45, 2.75) is 19.8 Å². The molecule has 5 rings (SSSR count). The van der Waals surface area contributed by atoms with Crippen molar-refractivity contribution in [3.8, 4) is 22.4 Å². The zero-order chi connectivity index (χ0) is 25.4. The van der Waals surface area contributed by atoms with Crippen molar-refractivity contribution in [1.29, 1.82) is 0 Å². The lowest BCUT2D eigenvalue weighted by molar-refractivity contribution is -0.112. The van der Waals surface area contributed by atoms with Gasteiger partial charge in [0, 0.05) is 42.5 Å². The van der Waals surface area contributed by atoms with Crippen LogP contribution < -0.4 is 11.1 Å². The maximum Gasteiger partial charge on any atom is 0.253 e. The standard InChI is InChI=1S/C28H28N6O2/c1-17(2)27(35)32-21-11-9-18(10-12-21)24-22(23-25(29)30-16-31-26(23)33(24)3)19-7-6-8-20(15-19)28(36)34-13-4-5-14-34/h6-12,15-16H,1,4-5,13-14H2,2-3H3,(H,32,35)(H2,29,30,31). The van der Waals surface area contributed by atoms with E-state index in [0.717, 1.165) is 53.7 Å². The molecule has 3 heterocycles. The Morgan fingerprint density at radius 3 is 2.44 bits per heavy atom. The highest BCUT2D eigenvalue weighted by Gasteiger charge is 2.24. The quantitative estimate of drug-likeness (QED) is 0.405. The van der Waals surface area contributed by atoms with Crippen LogP contribution in [0.25, 0.3) is 33.4 Å². The third-order valence-corrected chi connectivity index (χ3v) is 6.59. The Morgan fingerprint density at radius 2 is 1.75 bits per heavy atom. The second-order valence-corrected chi connectivity index (χ2v) is 9.13. The number of hydrogen-bond donors (Lipinski definition) is 2. The molecule has 4 aromatic rings. The van der Waals surface area contributed by atoms with E-state index in [1.54, 1.807) is 6.92 Å². The molecule has 2 aromatic carbocycles. The molecule has 36 heavy (non-hydrogen) atoms. The third kappa shape index (κ3) is 4.11. The maximum absolute atomic E-state index is 13.1. The van der Waals surface area contributed by atoms with Gasteiger partial charge in [0.2, 0.25) is 0 Å². The van der Waals surface area contributed by atoms with E-state index in [9.17, 15) is 9.59 Å². The molecule has 2 aromatic heterocycles. The van der Waals surface area contributed by atoms with Crippen molar-refractivity contribution >= 4 is 34.4 Å². The molecule has 2 amide bonds. The molecule has 0 radical (unpaired) electrons. The highest BCUT2D eigenvalue weighted by atomic mass is 16.2. The van der Waals surface area contributed by atoms with Gasteiger partial charge in [-0.15, -0.1) is 0 Å². The molecule has 8 heteroatoms. The Bertz CT molecular complexity index is 1500. The summed E-state index contributed by atoms with van der Waals surface area (Å²) in [6.07, 6.45) is 3.53. The number of fused-ring (bicyclic) bond motifs is 1. The summed E-state index contributed by atoms with van der Waals surface area (Å²) in [6.45, 7) is 6.93. The average molecular weight is 481 g/mol. The number of nitrogen functional groups attached to an aromatic ring is 1. The smallest absolute Gasteiger partial charge is 0.253 e. The zero-order valence-electron chi connectivity index (χ0n) is 20.4. The lowest BCUT2D eigenvalue weighted by atomic mass is 9.97. The largest absolute Gasteiger partial charge is 0.383 e. The van der Waals surface area contributed by atoms with E-state index in [4.69, 9.17) is 5.73 Å². The topological polar surface area (TPSA) is 106 Å². The predicted octanol–water partition coefficient (Wildman–Crippen LogP) is 4.64. The van der Waals surface area contributed by atoms with Crippen LogP contribution in [0.1, 0.15) is 30.1 Å². The highest BCUT2D eigenvalue weighted by Crippen LogP contribution is 2.42. The molecular formula is C28H28N6O2. The van der Waals surface area contributed by atoms with Gasteiger partial charge in [0.1, 0.15) is 17.8 Å². The van der Waals surface area contributed by atoms with Crippen LogP contribution in [0.4, 0.5) is 11.5 Å². The van der Waals surface area contributed by atoms with E-state index in [-0.39, 0.29) is 11.8 Å². The Hall–Kier alpha value is -4.46. The van der Waals surface area contributed by atoms with E-state index < -0.39 is 0 Å². The maximum atomic E-state index is 13.1. The Morgan fingerprint density at radius 1 is 1.03 bits per heavy atom. The molecule has 3 N–H and O–H groups in total. The molecule has 182 valence electrons. The van der Waals surface area contributed by atoms with E-state index in [2.05, 4.69) is 21.9 Å². The summed E-state index contributed by atoms with van der Waals surface area (Å²) in [5, 5.41) is 3.57. The number of anilines is 2. The van der Waals surface area contributed by atoms with E-state index >= 15 is 0 Å². The second-order valence-electron chi connectivity index (χ2n) is 9.13. The number of carbonyl (C=O) groups excluding carboxylic acids is 2. The Balaban J connectivity index is 1.64. The fraction of sp³-hybridized carbons (Fsp3) is 0.214. The number of carbonyl (C=O) groups is 2. The molecule has 0 spiro atoms. The first-order valence-electron chi connectivity index (χ1n) is 11.9. The fourth-order valence-corrected chi connectivity index (χ4v) is 4.75. The number of hydrogen-bond acceptors (Lipinski definition) is 5. The van der Waals surface area contributed by atoms with Gasteiger partial charge in [0.05, 0.1) is 11.1 Å². The molecule has 0 aliphatic carbocycles. The molecule has 0 unspecified atom stereocenters. The molecule has 1 aliphatic heterocycles. The number of aromatic nitrogens is 3. The van der Waals surface area contributed by atoms with Crippen molar-refractivity contribution in [2.24, 2.45) is 7.05 Å². The number of likely N-dealkylation sites (tertiary alicyclic amines) is 1. The lowest BCUT2D eigenvalue weighted by Crippen LogP contribution is -2.27. The first-order chi connectivity index (χ1) is 17.3.